The highest BCUT2D eigenvalue weighted by Crippen LogP contribution is 2.31. The number of hydrogen-bond acceptors (Lipinski definition) is 6. The van der Waals surface area contributed by atoms with Gasteiger partial charge in [0.05, 0.1) is 30.4 Å². The molecule has 0 aliphatic carbocycles. The van der Waals surface area contributed by atoms with Crippen LogP contribution in [-0.2, 0) is 4.79 Å². The van der Waals surface area contributed by atoms with Crippen LogP contribution in [0.2, 0.25) is 0 Å². The van der Waals surface area contributed by atoms with E-state index in [1.54, 1.807) is 13.4 Å². The molecule has 0 bridgehead atoms. The van der Waals surface area contributed by atoms with Gasteiger partial charge in [0, 0.05) is 11.8 Å². The van der Waals surface area contributed by atoms with Crippen molar-refractivity contribution >= 4 is 23.4 Å². The average Bonchev–Trinajstić information content (AvgIpc) is 3.40. The number of hydrogen-bond donors (Lipinski definition) is 1. The Balaban J connectivity index is 1.63. The molecule has 0 fully saturated rings. The summed E-state index contributed by atoms with van der Waals surface area (Å²) in [5.74, 6) is 2.19. The molecule has 7 nitrogen and oxygen atoms in total. The second kappa shape index (κ2) is 9.32. The van der Waals surface area contributed by atoms with Gasteiger partial charge in [-0.1, -0.05) is 36.0 Å². The van der Waals surface area contributed by atoms with Gasteiger partial charge >= 0.3 is 0 Å². The molecule has 0 radical (unpaired) electrons. The van der Waals surface area contributed by atoms with E-state index < -0.39 is 0 Å². The number of carbonyl (C=O) groups is 1. The van der Waals surface area contributed by atoms with Crippen molar-refractivity contribution in [2.45, 2.75) is 25.9 Å². The minimum absolute atomic E-state index is 0.103. The van der Waals surface area contributed by atoms with E-state index in [1.165, 1.54) is 11.8 Å². The number of benzene rings is 2. The van der Waals surface area contributed by atoms with Crippen LogP contribution >= 0.6 is 11.8 Å². The Bertz CT molecular complexity index is 1240. The second-order valence-electron chi connectivity index (χ2n) is 7.34. The number of ether oxygens (including phenoxy) is 1. The van der Waals surface area contributed by atoms with Gasteiger partial charge in [-0.15, -0.1) is 10.2 Å². The van der Waals surface area contributed by atoms with Gasteiger partial charge in [-0.2, -0.15) is 0 Å². The molecule has 4 rings (SSSR count). The maximum Gasteiger partial charge on any atom is 0.234 e. The molecule has 0 unspecified atom stereocenters. The summed E-state index contributed by atoms with van der Waals surface area (Å²) in [4.78, 5) is 12.7. The molecule has 1 amide bonds. The van der Waals surface area contributed by atoms with Gasteiger partial charge in [-0.25, -0.2) is 0 Å². The van der Waals surface area contributed by atoms with Crippen LogP contribution in [0.5, 0.6) is 5.75 Å². The van der Waals surface area contributed by atoms with Crippen LogP contribution in [-0.4, -0.2) is 33.5 Å². The van der Waals surface area contributed by atoms with Crippen molar-refractivity contribution in [2.24, 2.45) is 0 Å². The molecule has 0 aliphatic heterocycles. The molecule has 0 saturated carbocycles. The molecule has 0 saturated heterocycles. The van der Waals surface area contributed by atoms with Gasteiger partial charge in [-0.3, -0.25) is 9.36 Å². The first kappa shape index (κ1) is 21.7. The predicted molar refractivity (Wildman–Crippen MR) is 126 cm³/mol. The smallest absolute Gasteiger partial charge is 0.234 e. The Labute approximate surface area is 190 Å². The quantitative estimate of drug-likeness (QED) is 0.392. The van der Waals surface area contributed by atoms with Crippen molar-refractivity contribution in [3.8, 4) is 22.8 Å². The number of carbonyl (C=O) groups excluding carboxylic acids is 1. The van der Waals surface area contributed by atoms with E-state index in [4.69, 9.17) is 9.15 Å². The van der Waals surface area contributed by atoms with Gasteiger partial charge in [0.2, 0.25) is 5.91 Å². The Morgan fingerprint density at radius 3 is 2.53 bits per heavy atom. The number of rotatable bonds is 7. The number of aryl methyl sites for hydroxylation is 3. The van der Waals surface area contributed by atoms with E-state index in [0.717, 1.165) is 39.6 Å². The third-order valence-corrected chi connectivity index (χ3v) is 6.05. The van der Waals surface area contributed by atoms with Crippen LogP contribution in [0.15, 0.2) is 64.4 Å². The monoisotopic (exact) mass is 448 g/mol. The van der Waals surface area contributed by atoms with Crippen LogP contribution in [0.4, 0.5) is 5.69 Å². The first-order chi connectivity index (χ1) is 15.5. The van der Waals surface area contributed by atoms with E-state index in [1.807, 2.05) is 73.9 Å². The highest BCUT2D eigenvalue weighted by molar-refractivity contribution is 7.99. The number of methoxy groups -OCH3 is 1. The zero-order chi connectivity index (χ0) is 22.7. The number of nitrogens with one attached hydrogen (secondary N) is 1. The molecule has 0 aliphatic rings. The lowest BCUT2D eigenvalue weighted by Gasteiger charge is -2.12. The Kier molecular flexibility index (Phi) is 6.32. The molecule has 2 heterocycles. The lowest BCUT2D eigenvalue weighted by atomic mass is 10.1. The summed E-state index contributed by atoms with van der Waals surface area (Å²) in [5.41, 5.74) is 4.58. The van der Waals surface area contributed by atoms with Crippen molar-refractivity contribution in [3.05, 3.63) is 71.7 Å². The fraction of sp³-hybridized carbons (Fsp3) is 0.208. The lowest BCUT2D eigenvalue weighted by Crippen LogP contribution is -2.16. The maximum atomic E-state index is 12.7. The molecule has 164 valence electrons. The summed E-state index contributed by atoms with van der Waals surface area (Å²) in [7, 11) is 1.62. The first-order valence-corrected chi connectivity index (χ1v) is 11.1. The number of nitrogens with zero attached hydrogens (tertiary/aromatic N) is 3. The molecule has 2 aromatic carbocycles. The molecule has 8 heteroatoms. The summed E-state index contributed by atoms with van der Waals surface area (Å²) in [5, 5.41) is 12.4. The van der Waals surface area contributed by atoms with E-state index >= 15 is 0 Å². The van der Waals surface area contributed by atoms with Crippen molar-refractivity contribution in [1.29, 1.82) is 0 Å². The molecular formula is C24H24N4O3S. The number of amides is 1. The minimum atomic E-state index is -0.103. The molecule has 4 aromatic rings. The number of anilines is 1. The SMILES string of the molecule is COc1cccc(-n2c(SCC(=O)Nc3c(C)cccc3C)nnc2-c2ccoc2C)c1. The lowest BCUT2D eigenvalue weighted by molar-refractivity contribution is -0.113. The fourth-order valence-corrected chi connectivity index (χ4v) is 4.21. The normalized spacial score (nSPS) is 10.9. The highest BCUT2D eigenvalue weighted by atomic mass is 32.2. The van der Waals surface area contributed by atoms with E-state index in [0.29, 0.717) is 11.0 Å². The number of para-hydroxylation sites is 1. The number of furan rings is 1. The van der Waals surface area contributed by atoms with Gasteiger partial charge in [0.25, 0.3) is 0 Å². The molecule has 0 atom stereocenters. The van der Waals surface area contributed by atoms with Crippen LogP contribution in [0.3, 0.4) is 0 Å². The summed E-state index contributed by atoms with van der Waals surface area (Å²) in [6.07, 6.45) is 1.63. The predicted octanol–water partition coefficient (Wildman–Crippen LogP) is 5.19. The van der Waals surface area contributed by atoms with Crippen molar-refractivity contribution in [3.63, 3.8) is 0 Å². The fourth-order valence-electron chi connectivity index (χ4n) is 3.45. The zero-order valence-electron chi connectivity index (χ0n) is 18.4. The van der Waals surface area contributed by atoms with Crippen molar-refractivity contribution < 1.29 is 13.9 Å². The van der Waals surface area contributed by atoms with Crippen LogP contribution in [0.25, 0.3) is 17.1 Å². The Hall–Kier alpha value is -3.52. The summed E-state index contributed by atoms with van der Waals surface area (Å²) < 4.78 is 12.8. The highest BCUT2D eigenvalue weighted by Gasteiger charge is 2.20. The van der Waals surface area contributed by atoms with E-state index in [-0.39, 0.29) is 11.7 Å². The Morgan fingerprint density at radius 2 is 1.84 bits per heavy atom. The number of aromatic nitrogens is 3. The second-order valence-corrected chi connectivity index (χ2v) is 8.28. The molecule has 0 spiro atoms. The van der Waals surface area contributed by atoms with Crippen molar-refractivity contribution in [1.82, 2.24) is 14.8 Å². The van der Waals surface area contributed by atoms with E-state index in [9.17, 15) is 4.79 Å². The first-order valence-electron chi connectivity index (χ1n) is 10.1. The van der Waals surface area contributed by atoms with Gasteiger partial charge in [0.15, 0.2) is 11.0 Å². The zero-order valence-corrected chi connectivity index (χ0v) is 19.2. The van der Waals surface area contributed by atoms with Gasteiger partial charge < -0.3 is 14.5 Å². The van der Waals surface area contributed by atoms with E-state index in [2.05, 4.69) is 15.5 Å². The minimum Gasteiger partial charge on any atom is -0.497 e. The molecule has 1 N–H and O–H groups in total. The van der Waals surface area contributed by atoms with Gasteiger partial charge in [0.1, 0.15) is 11.5 Å². The third-order valence-electron chi connectivity index (χ3n) is 5.12. The van der Waals surface area contributed by atoms with Crippen LogP contribution in [0, 0.1) is 20.8 Å². The van der Waals surface area contributed by atoms with Crippen LogP contribution < -0.4 is 10.1 Å². The molecule has 32 heavy (non-hydrogen) atoms. The van der Waals surface area contributed by atoms with Gasteiger partial charge in [-0.05, 0) is 50.1 Å². The number of thioether (sulfide) groups is 1. The maximum absolute atomic E-state index is 12.7. The topological polar surface area (TPSA) is 82.2 Å². The van der Waals surface area contributed by atoms with Crippen molar-refractivity contribution in [2.75, 3.05) is 18.2 Å². The molecule has 2 aromatic heterocycles. The third kappa shape index (κ3) is 4.40. The summed E-state index contributed by atoms with van der Waals surface area (Å²) >= 11 is 1.32. The standard InChI is InChI=1S/C24H24N4O3S/c1-15-7-5-8-16(2)22(15)25-21(29)14-32-24-27-26-23(20-11-12-31-17(20)3)28(24)18-9-6-10-19(13-18)30-4/h5-13H,14H2,1-4H3,(H,25,29). The summed E-state index contributed by atoms with van der Waals surface area (Å²) in [6.45, 7) is 5.84. The largest absolute Gasteiger partial charge is 0.497 e. The molecular weight excluding hydrogens is 424 g/mol. The Morgan fingerprint density at radius 1 is 1.09 bits per heavy atom. The average molecular weight is 449 g/mol. The summed E-state index contributed by atoms with van der Waals surface area (Å²) in [6, 6.07) is 15.4. The van der Waals surface area contributed by atoms with Crippen LogP contribution in [0.1, 0.15) is 16.9 Å².